The number of rotatable bonds is 9. The number of hydrogen-bond acceptors (Lipinski definition) is 8. The number of carbonyl (C=O) groups excluding carboxylic acids is 1. The van der Waals surface area contributed by atoms with Gasteiger partial charge in [-0.05, 0) is 63.3 Å². The third kappa shape index (κ3) is 6.88. The molecule has 0 radical (unpaired) electrons. The highest BCUT2D eigenvalue weighted by Gasteiger charge is 2.31. The summed E-state index contributed by atoms with van der Waals surface area (Å²) in [6.07, 6.45) is 8.97. The van der Waals surface area contributed by atoms with Gasteiger partial charge in [0, 0.05) is 61.7 Å². The number of amides is 1. The van der Waals surface area contributed by atoms with Gasteiger partial charge in [0.25, 0.3) is 0 Å². The summed E-state index contributed by atoms with van der Waals surface area (Å²) in [6, 6.07) is 10.3. The Morgan fingerprint density at radius 2 is 2.00 bits per heavy atom. The predicted molar refractivity (Wildman–Crippen MR) is 152 cm³/mol. The Balaban J connectivity index is 1.20. The van der Waals surface area contributed by atoms with Crippen LogP contribution in [0.3, 0.4) is 0 Å². The van der Waals surface area contributed by atoms with Gasteiger partial charge < -0.3 is 24.8 Å². The quantitative estimate of drug-likeness (QED) is 0.388. The molecule has 3 aromatic rings. The Labute approximate surface area is 230 Å². The SMILES string of the molecule is C[C@H]1CN(C(=O)[C@H]2CC[C@H](Nc3nccc(-n4ccc5c(OCCCS(C)(=O)=O)cccc54)n3)CC2)CCN1. The minimum absolute atomic E-state index is 0.105. The number of nitrogens with one attached hydrogen (secondary N) is 2. The van der Waals surface area contributed by atoms with Gasteiger partial charge in [-0.1, -0.05) is 6.07 Å². The molecule has 2 aromatic heterocycles. The standard InChI is InChI=1S/C28H38N6O4S/c1-20-19-33(16-14-29-20)27(35)21-7-9-22(10-8-21)31-28-30-13-11-26(32-28)34-15-12-23-24(34)5-3-6-25(23)38-17-4-18-39(2,36)37/h3,5-6,11-13,15,20-22,29H,4,7-10,14,16-19H2,1-2H3,(H,30,31,32)/t20-,21-,22-/m0/s1. The van der Waals surface area contributed by atoms with Crippen molar-refractivity contribution in [2.45, 2.75) is 51.1 Å². The number of benzene rings is 1. The van der Waals surface area contributed by atoms with Crippen LogP contribution in [-0.2, 0) is 14.6 Å². The fourth-order valence-electron chi connectivity index (χ4n) is 5.58. The lowest BCUT2D eigenvalue weighted by Gasteiger charge is -2.36. The van der Waals surface area contributed by atoms with E-state index in [1.165, 1.54) is 6.26 Å². The molecular formula is C28H38N6O4S. The number of anilines is 1. The molecule has 2 fully saturated rings. The number of nitrogens with zero attached hydrogens (tertiary/aromatic N) is 4. The summed E-state index contributed by atoms with van der Waals surface area (Å²) in [7, 11) is -3.00. The van der Waals surface area contributed by atoms with Crippen molar-refractivity contribution in [3.63, 3.8) is 0 Å². The van der Waals surface area contributed by atoms with Crippen LogP contribution in [0.2, 0.25) is 0 Å². The molecular weight excluding hydrogens is 516 g/mol. The van der Waals surface area contributed by atoms with Crippen molar-refractivity contribution < 1.29 is 17.9 Å². The highest BCUT2D eigenvalue weighted by molar-refractivity contribution is 7.90. The molecule has 11 heteroatoms. The minimum atomic E-state index is -3.00. The van der Waals surface area contributed by atoms with Crippen molar-refractivity contribution in [2.24, 2.45) is 5.92 Å². The Hall–Kier alpha value is -3.18. The van der Waals surface area contributed by atoms with Crippen molar-refractivity contribution >= 4 is 32.6 Å². The Morgan fingerprint density at radius 1 is 1.18 bits per heavy atom. The van der Waals surface area contributed by atoms with Gasteiger partial charge in [0.05, 0.1) is 17.9 Å². The molecule has 10 nitrogen and oxygen atoms in total. The molecule has 1 aliphatic carbocycles. The van der Waals surface area contributed by atoms with Crippen LogP contribution in [0.5, 0.6) is 5.75 Å². The van der Waals surface area contributed by atoms with Gasteiger partial charge in [-0.25, -0.2) is 13.4 Å². The lowest BCUT2D eigenvalue weighted by Crippen LogP contribution is -2.53. The third-order valence-electron chi connectivity index (χ3n) is 7.59. The minimum Gasteiger partial charge on any atom is -0.493 e. The molecule has 1 aromatic carbocycles. The summed E-state index contributed by atoms with van der Waals surface area (Å²) in [5.74, 6) is 2.55. The molecule has 1 amide bonds. The van der Waals surface area contributed by atoms with Gasteiger partial charge in [0.15, 0.2) is 0 Å². The smallest absolute Gasteiger partial charge is 0.225 e. The number of aromatic nitrogens is 3. The number of carbonyl (C=O) groups is 1. The van der Waals surface area contributed by atoms with E-state index in [0.717, 1.165) is 62.0 Å². The average molecular weight is 555 g/mol. The third-order valence-corrected chi connectivity index (χ3v) is 8.62. The normalized spacial score (nSPS) is 22.1. The summed E-state index contributed by atoms with van der Waals surface area (Å²) in [6.45, 7) is 4.92. The highest BCUT2D eigenvalue weighted by Crippen LogP contribution is 2.30. The summed E-state index contributed by atoms with van der Waals surface area (Å²) in [5, 5.41) is 7.83. The average Bonchev–Trinajstić information content (AvgIpc) is 3.36. The van der Waals surface area contributed by atoms with E-state index in [1.54, 1.807) is 6.20 Å². The number of fused-ring (bicyclic) bond motifs is 1. The molecule has 1 saturated heterocycles. The molecule has 2 aliphatic rings. The maximum absolute atomic E-state index is 13.0. The van der Waals surface area contributed by atoms with Gasteiger partial charge in [-0.2, -0.15) is 4.98 Å². The van der Waals surface area contributed by atoms with Crippen molar-refractivity contribution in [3.05, 3.63) is 42.7 Å². The fourth-order valence-corrected chi connectivity index (χ4v) is 6.22. The van der Waals surface area contributed by atoms with Crippen molar-refractivity contribution in [1.82, 2.24) is 24.8 Å². The molecule has 210 valence electrons. The molecule has 5 rings (SSSR count). The lowest BCUT2D eigenvalue weighted by molar-refractivity contribution is -0.137. The molecule has 1 saturated carbocycles. The Kier molecular flexibility index (Phi) is 8.37. The molecule has 39 heavy (non-hydrogen) atoms. The monoisotopic (exact) mass is 554 g/mol. The van der Waals surface area contributed by atoms with Crippen LogP contribution < -0.4 is 15.4 Å². The van der Waals surface area contributed by atoms with Gasteiger partial charge in [-0.15, -0.1) is 0 Å². The van der Waals surface area contributed by atoms with E-state index < -0.39 is 9.84 Å². The Bertz CT molecular complexity index is 1400. The highest BCUT2D eigenvalue weighted by atomic mass is 32.2. The summed E-state index contributed by atoms with van der Waals surface area (Å²) >= 11 is 0. The van der Waals surface area contributed by atoms with Gasteiger partial charge in [0.2, 0.25) is 11.9 Å². The first-order valence-corrected chi connectivity index (χ1v) is 15.9. The second-order valence-electron chi connectivity index (χ2n) is 10.8. The molecule has 1 atom stereocenters. The lowest BCUT2D eigenvalue weighted by atomic mass is 9.85. The molecule has 0 unspecified atom stereocenters. The molecule has 3 heterocycles. The van der Waals surface area contributed by atoms with Crippen LogP contribution in [0.15, 0.2) is 42.7 Å². The second-order valence-corrected chi connectivity index (χ2v) is 13.0. The van der Waals surface area contributed by atoms with E-state index in [1.807, 2.05) is 46.0 Å². The van der Waals surface area contributed by atoms with Crippen LogP contribution in [0.4, 0.5) is 5.95 Å². The van der Waals surface area contributed by atoms with E-state index >= 15 is 0 Å². The van der Waals surface area contributed by atoms with Crippen LogP contribution in [0, 0.1) is 5.92 Å². The van der Waals surface area contributed by atoms with Crippen LogP contribution in [0.1, 0.15) is 39.0 Å². The van der Waals surface area contributed by atoms with E-state index in [4.69, 9.17) is 9.72 Å². The van der Waals surface area contributed by atoms with Crippen LogP contribution in [0.25, 0.3) is 16.7 Å². The van der Waals surface area contributed by atoms with E-state index in [9.17, 15) is 13.2 Å². The Morgan fingerprint density at radius 3 is 2.77 bits per heavy atom. The largest absolute Gasteiger partial charge is 0.493 e. The predicted octanol–water partition coefficient (Wildman–Crippen LogP) is 3.03. The molecule has 0 bridgehead atoms. The zero-order valence-electron chi connectivity index (χ0n) is 22.7. The zero-order valence-corrected chi connectivity index (χ0v) is 23.5. The van der Waals surface area contributed by atoms with E-state index in [0.29, 0.717) is 36.7 Å². The molecule has 1 aliphatic heterocycles. The second kappa shape index (κ2) is 11.9. The fraction of sp³-hybridized carbons (Fsp3) is 0.536. The number of ether oxygens (including phenoxy) is 1. The topological polar surface area (TPSA) is 118 Å². The summed E-state index contributed by atoms with van der Waals surface area (Å²) in [4.78, 5) is 24.3. The molecule has 2 N–H and O–H groups in total. The van der Waals surface area contributed by atoms with Crippen molar-refractivity contribution in [3.8, 4) is 11.6 Å². The van der Waals surface area contributed by atoms with E-state index in [2.05, 4.69) is 22.5 Å². The van der Waals surface area contributed by atoms with Gasteiger partial charge >= 0.3 is 0 Å². The zero-order chi connectivity index (χ0) is 27.4. The van der Waals surface area contributed by atoms with Crippen molar-refractivity contribution in [1.29, 1.82) is 0 Å². The number of sulfone groups is 1. The summed E-state index contributed by atoms with van der Waals surface area (Å²) < 4.78 is 30.7. The maximum Gasteiger partial charge on any atom is 0.225 e. The van der Waals surface area contributed by atoms with Gasteiger partial charge in [0.1, 0.15) is 21.4 Å². The first-order valence-electron chi connectivity index (χ1n) is 13.8. The maximum atomic E-state index is 13.0. The van der Waals surface area contributed by atoms with Crippen LogP contribution >= 0.6 is 0 Å². The molecule has 0 spiro atoms. The van der Waals surface area contributed by atoms with Crippen molar-refractivity contribution in [2.75, 3.05) is 43.6 Å². The first-order chi connectivity index (χ1) is 18.8. The van der Waals surface area contributed by atoms with Crippen LogP contribution in [-0.4, -0.2) is 84.1 Å². The van der Waals surface area contributed by atoms with E-state index in [-0.39, 0.29) is 17.7 Å². The number of piperazine rings is 1. The first kappa shape index (κ1) is 27.4. The number of hydrogen-bond donors (Lipinski definition) is 2. The van der Waals surface area contributed by atoms with Gasteiger partial charge in [-0.3, -0.25) is 4.79 Å². The summed E-state index contributed by atoms with van der Waals surface area (Å²) in [5.41, 5.74) is 0.946.